The molecule has 0 N–H and O–H groups in total. The van der Waals surface area contributed by atoms with E-state index in [2.05, 4.69) is 54.6 Å². The molecule has 26 heavy (non-hydrogen) atoms. The minimum atomic E-state index is 0.716. The van der Waals surface area contributed by atoms with Gasteiger partial charge in [0.2, 0.25) is 0 Å². The van der Waals surface area contributed by atoms with Crippen LogP contribution in [0.1, 0.15) is 29.5 Å². The molecule has 0 amide bonds. The van der Waals surface area contributed by atoms with E-state index in [-0.39, 0.29) is 0 Å². The summed E-state index contributed by atoms with van der Waals surface area (Å²) in [5.41, 5.74) is 6.12. The molecule has 0 aliphatic heterocycles. The lowest BCUT2D eigenvalue weighted by Crippen LogP contribution is -2.20. The molecule has 0 aromatic heterocycles. The normalized spacial score (nSPS) is 14.1. The number of nitrogens with zero attached hydrogens (tertiary/aromatic N) is 1. The molecule has 3 aromatic carbocycles. The van der Waals surface area contributed by atoms with E-state index < -0.39 is 0 Å². The predicted octanol–water partition coefficient (Wildman–Crippen LogP) is 3.97. The van der Waals surface area contributed by atoms with Crippen LogP contribution in [0.3, 0.4) is 0 Å². The minimum absolute atomic E-state index is 0.716. The van der Waals surface area contributed by atoms with E-state index in [9.17, 15) is 5.26 Å². The minimum Gasteiger partial charge on any atom is -0.192 e. The zero-order valence-electron chi connectivity index (χ0n) is 14.6. The molecule has 2 aliphatic rings. The number of hydrogen-bond acceptors (Lipinski definition) is 1. The van der Waals surface area contributed by atoms with E-state index in [1.165, 1.54) is 50.4 Å². The van der Waals surface area contributed by atoms with Gasteiger partial charge in [-0.1, -0.05) is 48.6 Å². The number of rotatable bonds is 1. The summed E-state index contributed by atoms with van der Waals surface area (Å²) in [6.07, 6.45) is 9.31. The van der Waals surface area contributed by atoms with Crippen molar-refractivity contribution in [3.05, 3.63) is 92.2 Å². The Hall–Kier alpha value is -3.11. The molecule has 124 valence electrons. The standard InChI is InChI=1S/C25H19N/c26-16-17-6-5-9-19(14-17)24-15-20-8-2-3-10-21(20)23-13-12-18-7-1-4-11-22(18)25(23)24/h1,4-9,11-12,14-15H,2-3,10,13H2. The summed E-state index contributed by atoms with van der Waals surface area (Å²) in [7, 11) is 0. The first kappa shape index (κ1) is 15.2. The van der Waals surface area contributed by atoms with Crippen molar-refractivity contribution in [2.24, 2.45) is 0 Å². The molecule has 0 saturated heterocycles. The molecule has 0 spiro atoms. The summed E-state index contributed by atoms with van der Waals surface area (Å²) < 4.78 is 0. The quantitative estimate of drug-likeness (QED) is 0.661. The van der Waals surface area contributed by atoms with E-state index >= 15 is 0 Å². The van der Waals surface area contributed by atoms with E-state index in [0.717, 1.165) is 18.4 Å². The second-order valence-corrected chi connectivity index (χ2v) is 7.13. The van der Waals surface area contributed by atoms with Crippen molar-refractivity contribution in [1.29, 1.82) is 5.26 Å². The van der Waals surface area contributed by atoms with Crippen LogP contribution in [0.15, 0.2) is 54.6 Å². The lowest BCUT2D eigenvalue weighted by molar-refractivity contribution is 0.825. The molecular formula is C25H19N. The second-order valence-electron chi connectivity index (χ2n) is 7.13. The lowest BCUT2D eigenvalue weighted by Gasteiger charge is -2.19. The van der Waals surface area contributed by atoms with Crippen LogP contribution < -0.4 is 10.4 Å². The Morgan fingerprint density at radius 1 is 0.846 bits per heavy atom. The van der Waals surface area contributed by atoms with Crippen molar-refractivity contribution in [2.45, 2.75) is 25.7 Å². The molecule has 0 saturated carbocycles. The van der Waals surface area contributed by atoms with Crippen LogP contribution >= 0.6 is 0 Å². The van der Waals surface area contributed by atoms with Gasteiger partial charge in [0.05, 0.1) is 11.6 Å². The van der Waals surface area contributed by atoms with Crippen molar-refractivity contribution in [3.8, 4) is 17.2 Å². The van der Waals surface area contributed by atoms with Gasteiger partial charge in [0.1, 0.15) is 0 Å². The number of hydrogen-bond donors (Lipinski definition) is 0. The van der Waals surface area contributed by atoms with Gasteiger partial charge in [0.25, 0.3) is 0 Å². The lowest BCUT2D eigenvalue weighted by atomic mass is 9.84. The highest BCUT2D eigenvalue weighted by Gasteiger charge is 2.16. The van der Waals surface area contributed by atoms with Crippen LogP contribution in [-0.4, -0.2) is 0 Å². The second kappa shape index (κ2) is 6.00. The van der Waals surface area contributed by atoms with Crippen molar-refractivity contribution >= 4 is 12.2 Å². The highest BCUT2D eigenvalue weighted by atomic mass is 14.2. The van der Waals surface area contributed by atoms with Crippen LogP contribution in [0.25, 0.3) is 23.3 Å². The molecule has 3 aromatic rings. The van der Waals surface area contributed by atoms with Gasteiger partial charge in [0.15, 0.2) is 0 Å². The Bertz CT molecular complexity index is 1290. The maximum Gasteiger partial charge on any atom is 0.0991 e. The first-order chi connectivity index (χ1) is 12.8. The third-order valence-corrected chi connectivity index (χ3v) is 5.64. The van der Waals surface area contributed by atoms with E-state index in [1.807, 2.05) is 18.2 Å². The molecule has 0 unspecified atom stereocenters. The Balaban J connectivity index is 2.01. The van der Waals surface area contributed by atoms with Crippen LogP contribution in [-0.2, 0) is 12.8 Å². The Morgan fingerprint density at radius 3 is 2.69 bits per heavy atom. The van der Waals surface area contributed by atoms with E-state index in [0.29, 0.717) is 5.56 Å². The van der Waals surface area contributed by atoms with E-state index in [1.54, 1.807) is 0 Å². The van der Waals surface area contributed by atoms with Gasteiger partial charge < -0.3 is 0 Å². The molecule has 1 heteroatoms. The summed E-state index contributed by atoms with van der Waals surface area (Å²) in [5.74, 6) is 0. The maximum atomic E-state index is 9.34. The summed E-state index contributed by atoms with van der Waals surface area (Å²) in [5, 5.41) is 14.7. The average Bonchev–Trinajstić information content (AvgIpc) is 2.72. The monoisotopic (exact) mass is 333 g/mol. The number of nitriles is 1. The van der Waals surface area contributed by atoms with Crippen molar-refractivity contribution in [2.75, 3.05) is 0 Å². The SMILES string of the molecule is N#Cc1cccc(-c2cc3c(c4c2=c2ccccc2=CC4)CCCC=3)c1. The molecule has 1 nitrogen and oxygen atoms in total. The van der Waals surface area contributed by atoms with Crippen LogP contribution in [0.2, 0.25) is 0 Å². The molecule has 0 bridgehead atoms. The van der Waals surface area contributed by atoms with Gasteiger partial charge in [0, 0.05) is 0 Å². The highest BCUT2D eigenvalue weighted by Crippen LogP contribution is 2.27. The zero-order valence-corrected chi connectivity index (χ0v) is 14.6. The zero-order chi connectivity index (χ0) is 17.5. The van der Waals surface area contributed by atoms with Gasteiger partial charge in [-0.3, -0.25) is 0 Å². The predicted molar refractivity (Wildman–Crippen MR) is 106 cm³/mol. The smallest absolute Gasteiger partial charge is 0.0991 e. The first-order valence-corrected chi connectivity index (χ1v) is 9.30. The summed E-state index contributed by atoms with van der Waals surface area (Å²) in [4.78, 5) is 0. The average molecular weight is 333 g/mol. The largest absolute Gasteiger partial charge is 0.192 e. The van der Waals surface area contributed by atoms with Crippen molar-refractivity contribution < 1.29 is 0 Å². The summed E-state index contributed by atoms with van der Waals surface area (Å²) in [6, 6.07) is 21.3. The fourth-order valence-electron chi connectivity index (χ4n) is 4.45. The van der Waals surface area contributed by atoms with Gasteiger partial charge in [-0.2, -0.15) is 5.26 Å². The van der Waals surface area contributed by atoms with Crippen LogP contribution in [0, 0.1) is 21.8 Å². The van der Waals surface area contributed by atoms with Crippen molar-refractivity contribution in [1.82, 2.24) is 0 Å². The molecule has 0 heterocycles. The summed E-state index contributed by atoms with van der Waals surface area (Å²) >= 11 is 0. The third kappa shape index (κ3) is 2.30. The summed E-state index contributed by atoms with van der Waals surface area (Å²) in [6.45, 7) is 0. The van der Waals surface area contributed by atoms with Gasteiger partial charge >= 0.3 is 0 Å². The fraction of sp³-hybridized carbons (Fsp3) is 0.160. The first-order valence-electron chi connectivity index (χ1n) is 9.30. The molecule has 0 radical (unpaired) electrons. The van der Waals surface area contributed by atoms with Crippen molar-refractivity contribution in [3.63, 3.8) is 0 Å². The van der Waals surface area contributed by atoms with E-state index in [4.69, 9.17) is 0 Å². The molecule has 2 aliphatic carbocycles. The third-order valence-electron chi connectivity index (χ3n) is 5.64. The number of fused-ring (bicyclic) bond motifs is 4. The fourth-order valence-corrected chi connectivity index (χ4v) is 4.45. The molecule has 0 atom stereocenters. The van der Waals surface area contributed by atoms with Gasteiger partial charge in [-0.25, -0.2) is 0 Å². The number of benzene rings is 3. The Morgan fingerprint density at radius 2 is 1.77 bits per heavy atom. The molecule has 0 fully saturated rings. The molecule has 5 rings (SSSR count). The van der Waals surface area contributed by atoms with Gasteiger partial charge in [-0.15, -0.1) is 0 Å². The highest BCUT2D eigenvalue weighted by molar-refractivity contribution is 5.70. The molecular weight excluding hydrogens is 314 g/mol. The van der Waals surface area contributed by atoms with Crippen LogP contribution in [0.5, 0.6) is 0 Å². The Labute approximate surface area is 152 Å². The maximum absolute atomic E-state index is 9.34. The topological polar surface area (TPSA) is 23.8 Å². The van der Waals surface area contributed by atoms with Crippen LogP contribution in [0.4, 0.5) is 0 Å². The Kier molecular flexibility index (Phi) is 3.50. The van der Waals surface area contributed by atoms with Gasteiger partial charge in [-0.05, 0) is 87.0 Å².